The number of ketones is 1. The molecule has 1 aliphatic heterocycles. The van der Waals surface area contributed by atoms with Gasteiger partial charge in [-0.1, -0.05) is 6.07 Å². The molecule has 1 aliphatic rings. The van der Waals surface area contributed by atoms with Crippen molar-refractivity contribution >= 4 is 17.4 Å². The van der Waals surface area contributed by atoms with Crippen molar-refractivity contribution in [2.24, 2.45) is 5.92 Å². The number of carbonyl (C=O) groups excluding carboxylic acids is 2. The molecule has 4 rings (SSSR count). The fourth-order valence-corrected chi connectivity index (χ4v) is 3.54. The minimum atomic E-state index is -0.725. The van der Waals surface area contributed by atoms with Crippen LogP contribution in [0, 0.1) is 31.4 Å². The molecule has 7 nitrogen and oxygen atoms in total. The largest absolute Gasteiger partial charge is 0.470 e. The number of nitrogens with zero attached hydrogens (tertiary/aromatic N) is 3. The Morgan fingerprint density at radius 3 is 2.67 bits per heavy atom. The molecule has 1 aromatic carbocycles. The van der Waals surface area contributed by atoms with Gasteiger partial charge in [0.2, 0.25) is 5.65 Å². The molecule has 0 unspecified atom stereocenters. The number of hydrogen-bond acceptors (Lipinski definition) is 6. The van der Waals surface area contributed by atoms with E-state index in [-0.39, 0.29) is 41.9 Å². The van der Waals surface area contributed by atoms with Crippen molar-refractivity contribution in [1.82, 2.24) is 14.4 Å². The van der Waals surface area contributed by atoms with Crippen molar-refractivity contribution in [1.29, 1.82) is 0 Å². The van der Waals surface area contributed by atoms with Crippen molar-refractivity contribution in [2.75, 3.05) is 6.61 Å². The topological polar surface area (TPSA) is 82.8 Å². The molecular formula is C21H19F2N3O4. The number of cyclic esters (lactones) is 1. The summed E-state index contributed by atoms with van der Waals surface area (Å²) in [5.74, 6) is -2.48. The van der Waals surface area contributed by atoms with Crippen LogP contribution in [0.3, 0.4) is 0 Å². The van der Waals surface area contributed by atoms with E-state index in [4.69, 9.17) is 9.47 Å². The SMILES string of the molecule is Cc1cn2c(C(=O)C[C@H]3CCOC3=O)c(C)nc2c(OCc2c(F)cccc2F)n1. The van der Waals surface area contributed by atoms with Crippen molar-refractivity contribution in [3.63, 3.8) is 0 Å². The lowest BCUT2D eigenvalue weighted by atomic mass is 9.99. The molecule has 3 heterocycles. The maximum atomic E-state index is 13.9. The first-order valence-corrected chi connectivity index (χ1v) is 9.47. The molecular weight excluding hydrogens is 396 g/mol. The number of rotatable bonds is 6. The number of fused-ring (bicyclic) bond motifs is 1. The molecule has 0 aliphatic carbocycles. The summed E-state index contributed by atoms with van der Waals surface area (Å²) >= 11 is 0. The lowest BCUT2D eigenvalue weighted by molar-refractivity contribution is -0.141. The first-order valence-electron chi connectivity index (χ1n) is 9.47. The number of ether oxygens (including phenoxy) is 2. The Kier molecular flexibility index (Phi) is 5.19. The average molecular weight is 415 g/mol. The van der Waals surface area contributed by atoms with Crippen LogP contribution in [0.4, 0.5) is 8.78 Å². The van der Waals surface area contributed by atoms with E-state index in [1.165, 1.54) is 6.07 Å². The van der Waals surface area contributed by atoms with Crippen molar-refractivity contribution in [3.05, 3.63) is 58.7 Å². The van der Waals surface area contributed by atoms with Gasteiger partial charge in [0.05, 0.1) is 29.5 Å². The number of imidazole rings is 1. The maximum Gasteiger partial charge on any atom is 0.309 e. The fraction of sp³-hybridized carbons (Fsp3) is 0.333. The van der Waals surface area contributed by atoms with Gasteiger partial charge in [-0.3, -0.25) is 14.0 Å². The number of halogens is 2. The van der Waals surface area contributed by atoms with Crippen molar-refractivity contribution in [3.8, 4) is 5.88 Å². The minimum Gasteiger partial charge on any atom is -0.470 e. The number of Topliss-reactive ketones (excluding diaryl/α,β-unsaturated/α-hetero) is 1. The van der Waals surface area contributed by atoms with E-state index in [1.54, 1.807) is 24.4 Å². The molecule has 1 fully saturated rings. The lowest BCUT2D eigenvalue weighted by Gasteiger charge is -2.10. The van der Waals surface area contributed by atoms with Gasteiger partial charge in [-0.05, 0) is 32.4 Å². The lowest BCUT2D eigenvalue weighted by Crippen LogP contribution is -2.15. The first kappa shape index (κ1) is 19.9. The summed E-state index contributed by atoms with van der Waals surface area (Å²) in [7, 11) is 0. The molecule has 0 saturated carbocycles. The van der Waals surface area contributed by atoms with Gasteiger partial charge >= 0.3 is 5.97 Å². The van der Waals surface area contributed by atoms with Crippen molar-refractivity contribution in [2.45, 2.75) is 33.3 Å². The highest BCUT2D eigenvalue weighted by molar-refractivity contribution is 5.98. The average Bonchev–Trinajstić information content (AvgIpc) is 3.23. The number of aryl methyl sites for hydroxylation is 2. The summed E-state index contributed by atoms with van der Waals surface area (Å²) in [6.45, 7) is 3.31. The van der Waals surface area contributed by atoms with Gasteiger partial charge in [0.25, 0.3) is 5.88 Å². The monoisotopic (exact) mass is 415 g/mol. The summed E-state index contributed by atoms with van der Waals surface area (Å²) < 4.78 is 39.9. The van der Waals surface area contributed by atoms with E-state index in [0.717, 1.165) is 12.1 Å². The number of aromatic nitrogens is 3. The standard InChI is InChI=1S/C21H19F2N3O4/c1-11-9-26-18(17(27)8-13-6-7-29-21(13)28)12(2)25-19(26)20(24-11)30-10-14-15(22)4-3-5-16(14)23/h3-5,9,13H,6-8,10H2,1-2H3/t13-/m1/s1. The van der Waals surface area contributed by atoms with Crippen LogP contribution in [0.2, 0.25) is 0 Å². The third kappa shape index (κ3) is 3.62. The third-order valence-electron chi connectivity index (χ3n) is 5.03. The van der Waals surface area contributed by atoms with E-state index in [0.29, 0.717) is 30.1 Å². The molecule has 2 aromatic heterocycles. The summed E-state index contributed by atoms with van der Waals surface area (Å²) in [6, 6.07) is 3.56. The van der Waals surface area contributed by atoms with Gasteiger partial charge in [-0.25, -0.2) is 18.7 Å². The number of carbonyl (C=O) groups is 2. The van der Waals surface area contributed by atoms with Crippen LogP contribution in [0.5, 0.6) is 5.88 Å². The predicted octanol–water partition coefficient (Wildman–Crippen LogP) is 3.34. The molecule has 1 saturated heterocycles. The second-order valence-electron chi connectivity index (χ2n) is 7.20. The van der Waals surface area contributed by atoms with Crippen LogP contribution in [0.25, 0.3) is 5.65 Å². The van der Waals surface area contributed by atoms with E-state index in [2.05, 4.69) is 9.97 Å². The van der Waals surface area contributed by atoms with E-state index in [9.17, 15) is 18.4 Å². The van der Waals surface area contributed by atoms with Gasteiger partial charge < -0.3 is 9.47 Å². The maximum absolute atomic E-state index is 13.9. The van der Waals surface area contributed by atoms with Crippen LogP contribution in [0.1, 0.15) is 40.3 Å². The summed E-state index contributed by atoms with van der Waals surface area (Å²) in [5, 5.41) is 0. The van der Waals surface area contributed by atoms with Crippen LogP contribution in [-0.4, -0.2) is 32.7 Å². The minimum absolute atomic E-state index is 0.0193. The highest BCUT2D eigenvalue weighted by Crippen LogP contribution is 2.26. The van der Waals surface area contributed by atoms with Crippen LogP contribution < -0.4 is 4.74 Å². The molecule has 0 radical (unpaired) electrons. The molecule has 0 N–H and O–H groups in total. The number of esters is 1. The van der Waals surface area contributed by atoms with E-state index >= 15 is 0 Å². The van der Waals surface area contributed by atoms with Gasteiger partial charge in [-0.15, -0.1) is 0 Å². The summed E-state index contributed by atoms with van der Waals surface area (Å²) in [6.07, 6.45) is 2.15. The van der Waals surface area contributed by atoms with Gasteiger partial charge in [0, 0.05) is 12.6 Å². The van der Waals surface area contributed by atoms with Crippen molar-refractivity contribution < 1.29 is 27.8 Å². The van der Waals surface area contributed by atoms with Crippen LogP contribution >= 0.6 is 0 Å². The summed E-state index contributed by atoms with van der Waals surface area (Å²) in [5.41, 5.74) is 1.32. The molecule has 1 atom stereocenters. The zero-order valence-electron chi connectivity index (χ0n) is 16.4. The Morgan fingerprint density at radius 1 is 1.27 bits per heavy atom. The van der Waals surface area contributed by atoms with Crippen LogP contribution in [-0.2, 0) is 16.1 Å². The Bertz CT molecular complexity index is 1140. The Balaban J connectivity index is 1.66. The van der Waals surface area contributed by atoms with Gasteiger partial charge in [-0.2, -0.15) is 0 Å². The zero-order chi connectivity index (χ0) is 21.4. The predicted molar refractivity (Wildman–Crippen MR) is 101 cm³/mol. The van der Waals surface area contributed by atoms with Gasteiger partial charge in [0.1, 0.15) is 23.9 Å². The molecule has 30 heavy (non-hydrogen) atoms. The Hall–Kier alpha value is -3.36. The second kappa shape index (κ2) is 7.81. The third-order valence-corrected chi connectivity index (χ3v) is 5.03. The number of hydrogen-bond donors (Lipinski definition) is 0. The smallest absolute Gasteiger partial charge is 0.309 e. The Morgan fingerprint density at radius 2 is 2.00 bits per heavy atom. The molecule has 9 heteroatoms. The first-order chi connectivity index (χ1) is 14.3. The summed E-state index contributed by atoms with van der Waals surface area (Å²) in [4.78, 5) is 33.3. The molecule has 0 spiro atoms. The fourth-order valence-electron chi connectivity index (χ4n) is 3.54. The molecule has 0 bridgehead atoms. The molecule has 156 valence electrons. The molecule has 0 amide bonds. The van der Waals surface area contributed by atoms with Gasteiger partial charge in [0.15, 0.2) is 5.78 Å². The Labute approximate surface area is 170 Å². The highest BCUT2D eigenvalue weighted by Gasteiger charge is 2.31. The van der Waals surface area contributed by atoms with Crippen LogP contribution in [0.15, 0.2) is 24.4 Å². The molecule has 3 aromatic rings. The quantitative estimate of drug-likeness (QED) is 0.454. The second-order valence-corrected chi connectivity index (χ2v) is 7.20. The van der Waals surface area contributed by atoms with E-state index < -0.39 is 17.6 Å². The normalized spacial score (nSPS) is 16.1. The van der Waals surface area contributed by atoms with E-state index in [1.807, 2.05) is 0 Å². The zero-order valence-corrected chi connectivity index (χ0v) is 16.4. The highest BCUT2D eigenvalue weighted by atomic mass is 19.1. The number of benzene rings is 1.